The molecule has 2 heteroatoms. The predicted molar refractivity (Wildman–Crippen MR) is 43.1 cm³/mol. The Morgan fingerprint density at radius 2 is 1.73 bits per heavy atom. The van der Waals surface area contributed by atoms with E-state index in [1.54, 1.807) is 6.92 Å². The second-order valence-corrected chi connectivity index (χ2v) is 1.92. The molecule has 0 amide bonds. The molecule has 1 rings (SSSR count). The summed E-state index contributed by atoms with van der Waals surface area (Å²) >= 11 is 0. The SMILES string of the molecule is C#N.CC(=O)c1ccccc1. The topological polar surface area (TPSA) is 40.9 Å². The summed E-state index contributed by atoms with van der Waals surface area (Å²) in [6, 6.07) is 9.23. The van der Waals surface area contributed by atoms with Crippen molar-refractivity contribution in [3.63, 3.8) is 0 Å². The normalized spacial score (nSPS) is 7.55. The number of carbonyl (C=O) groups excluding carboxylic acids is 1. The van der Waals surface area contributed by atoms with E-state index < -0.39 is 0 Å². The zero-order valence-corrected chi connectivity index (χ0v) is 6.32. The third kappa shape index (κ3) is 3.17. The Bertz CT molecular complexity index is 238. The second-order valence-electron chi connectivity index (χ2n) is 1.92. The fraction of sp³-hybridized carbons (Fsp3) is 0.111. The van der Waals surface area contributed by atoms with Crippen molar-refractivity contribution in [3.05, 3.63) is 35.9 Å². The van der Waals surface area contributed by atoms with Crippen LogP contribution in [0.4, 0.5) is 0 Å². The number of hydrogen-bond donors (Lipinski definition) is 0. The molecular weight excluding hydrogens is 138 g/mol. The van der Waals surface area contributed by atoms with Gasteiger partial charge in [0.1, 0.15) is 0 Å². The van der Waals surface area contributed by atoms with Gasteiger partial charge in [0, 0.05) is 12.1 Å². The molecule has 0 bridgehead atoms. The molecule has 0 atom stereocenters. The molecule has 0 fully saturated rings. The summed E-state index contributed by atoms with van der Waals surface area (Å²) in [5.41, 5.74) is 0.775. The minimum absolute atomic E-state index is 0.121. The Hall–Kier alpha value is -1.62. The highest BCUT2D eigenvalue weighted by Crippen LogP contribution is 1.97. The van der Waals surface area contributed by atoms with Crippen molar-refractivity contribution in [1.82, 2.24) is 0 Å². The van der Waals surface area contributed by atoms with Gasteiger partial charge in [0.2, 0.25) is 0 Å². The van der Waals surface area contributed by atoms with Crippen molar-refractivity contribution >= 4 is 5.78 Å². The quantitative estimate of drug-likeness (QED) is 0.570. The van der Waals surface area contributed by atoms with Crippen LogP contribution in [0, 0.1) is 11.8 Å². The van der Waals surface area contributed by atoms with Crippen LogP contribution in [0.25, 0.3) is 0 Å². The van der Waals surface area contributed by atoms with Gasteiger partial charge in [-0.15, -0.1) is 0 Å². The summed E-state index contributed by atoms with van der Waals surface area (Å²) in [5, 5.41) is 6.50. The van der Waals surface area contributed by atoms with Crippen LogP contribution in [-0.4, -0.2) is 5.78 Å². The molecule has 11 heavy (non-hydrogen) atoms. The molecule has 1 aromatic carbocycles. The zero-order valence-electron chi connectivity index (χ0n) is 6.32. The largest absolute Gasteiger partial charge is 0.295 e. The molecule has 0 aliphatic heterocycles. The molecule has 0 aliphatic rings. The summed E-state index contributed by atoms with van der Waals surface area (Å²) < 4.78 is 0. The lowest BCUT2D eigenvalue weighted by Gasteiger charge is -1.89. The second kappa shape index (κ2) is 5.19. The van der Waals surface area contributed by atoms with Crippen LogP contribution in [0.15, 0.2) is 30.3 Å². The minimum Gasteiger partial charge on any atom is -0.295 e. The standard InChI is InChI=1S/C8H8O.CHN/c1-7(9)8-5-3-2-4-6-8;1-2/h2-6H,1H3;1H. The van der Waals surface area contributed by atoms with Crippen LogP contribution >= 0.6 is 0 Å². The first kappa shape index (κ1) is 9.38. The first-order valence-electron chi connectivity index (χ1n) is 3.12. The molecule has 0 N–H and O–H groups in total. The Labute approximate surface area is 66.1 Å². The Morgan fingerprint density at radius 1 is 1.27 bits per heavy atom. The van der Waals surface area contributed by atoms with Crippen molar-refractivity contribution in [2.24, 2.45) is 0 Å². The summed E-state index contributed by atoms with van der Waals surface area (Å²) in [7, 11) is 0. The van der Waals surface area contributed by atoms with Crippen molar-refractivity contribution in [2.75, 3.05) is 0 Å². The van der Waals surface area contributed by atoms with E-state index in [0.717, 1.165) is 5.56 Å². The summed E-state index contributed by atoms with van der Waals surface area (Å²) in [5.74, 6) is 0.121. The molecule has 56 valence electrons. The Kier molecular flexibility index (Phi) is 4.42. The van der Waals surface area contributed by atoms with E-state index in [-0.39, 0.29) is 5.78 Å². The highest BCUT2D eigenvalue weighted by atomic mass is 16.1. The summed E-state index contributed by atoms with van der Waals surface area (Å²) in [6.07, 6.45) is 0. The van der Waals surface area contributed by atoms with Gasteiger partial charge in [-0.2, -0.15) is 0 Å². The van der Waals surface area contributed by atoms with E-state index in [4.69, 9.17) is 5.26 Å². The van der Waals surface area contributed by atoms with Crippen molar-refractivity contribution < 1.29 is 4.79 Å². The number of rotatable bonds is 1. The highest BCUT2D eigenvalue weighted by Gasteiger charge is 1.92. The van der Waals surface area contributed by atoms with Crippen molar-refractivity contribution in [1.29, 1.82) is 5.26 Å². The lowest BCUT2D eigenvalue weighted by Crippen LogP contribution is -1.88. The number of ketones is 1. The van der Waals surface area contributed by atoms with Crippen LogP contribution < -0.4 is 0 Å². The highest BCUT2D eigenvalue weighted by molar-refractivity contribution is 5.93. The maximum atomic E-state index is 10.6. The maximum absolute atomic E-state index is 10.6. The Morgan fingerprint density at radius 3 is 2.00 bits per heavy atom. The van der Waals surface area contributed by atoms with E-state index in [1.165, 1.54) is 0 Å². The molecule has 0 aliphatic carbocycles. The molecule has 1 aromatic rings. The van der Waals surface area contributed by atoms with Crippen molar-refractivity contribution in [2.45, 2.75) is 6.92 Å². The average Bonchev–Trinajstić information content (AvgIpc) is 2.10. The first-order chi connectivity index (χ1) is 5.30. The number of Topliss-reactive ketones (excluding diaryl/α,β-unsaturated/α-hetero) is 1. The van der Waals surface area contributed by atoms with Crippen LogP contribution in [0.2, 0.25) is 0 Å². The molecular formula is C9H9NO. The van der Waals surface area contributed by atoms with Crippen molar-refractivity contribution in [3.8, 4) is 6.57 Å². The molecule has 0 aromatic heterocycles. The van der Waals surface area contributed by atoms with Gasteiger partial charge in [0.25, 0.3) is 0 Å². The van der Waals surface area contributed by atoms with Crippen LogP contribution in [0.3, 0.4) is 0 Å². The monoisotopic (exact) mass is 147 g/mol. The lowest BCUT2D eigenvalue weighted by molar-refractivity contribution is 0.101. The maximum Gasteiger partial charge on any atom is 0.159 e. The van der Waals surface area contributed by atoms with Crippen LogP contribution in [0.5, 0.6) is 0 Å². The van der Waals surface area contributed by atoms with Gasteiger partial charge in [-0.1, -0.05) is 30.3 Å². The van der Waals surface area contributed by atoms with Gasteiger partial charge in [0.05, 0.1) is 0 Å². The van der Waals surface area contributed by atoms with Gasteiger partial charge in [-0.05, 0) is 6.92 Å². The molecule has 0 unspecified atom stereocenters. The van der Waals surface area contributed by atoms with Crippen LogP contribution in [0.1, 0.15) is 17.3 Å². The van der Waals surface area contributed by atoms with Gasteiger partial charge in [0.15, 0.2) is 5.78 Å². The molecule has 0 heterocycles. The average molecular weight is 147 g/mol. The molecule has 0 saturated heterocycles. The summed E-state index contributed by atoms with van der Waals surface area (Å²) in [4.78, 5) is 10.6. The van der Waals surface area contributed by atoms with E-state index in [1.807, 2.05) is 30.3 Å². The fourth-order valence-electron chi connectivity index (χ4n) is 0.673. The summed E-state index contributed by atoms with van der Waals surface area (Å²) in [6.45, 7) is 5.06. The number of carbonyl (C=O) groups is 1. The molecule has 0 saturated carbocycles. The Balaban J connectivity index is 0.000000461. The van der Waals surface area contributed by atoms with E-state index in [9.17, 15) is 4.79 Å². The first-order valence-corrected chi connectivity index (χ1v) is 3.12. The van der Waals surface area contributed by atoms with Gasteiger partial charge in [-0.3, -0.25) is 4.79 Å². The van der Waals surface area contributed by atoms with E-state index in [2.05, 4.69) is 6.57 Å². The molecule has 2 nitrogen and oxygen atoms in total. The minimum atomic E-state index is 0.121. The fourth-order valence-corrected chi connectivity index (χ4v) is 0.673. The third-order valence-electron chi connectivity index (χ3n) is 1.18. The zero-order chi connectivity index (χ0) is 8.69. The number of hydrogen-bond acceptors (Lipinski definition) is 2. The van der Waals surface area contributed by atoms with Gasteiger partial charge < -0.3 is 0 Å². The lowest BCUT2D eigenvalue weighted by atomic mass is 10.2. The molecule has 0 spiro atoms. The van der Waals surface area contributed by atoms with Gasteiger partial charge >= 0.3 is 0 Å². The van der Waals surface area contributed by atoms with Gasteiger partial charge in [-0.25, -0.2) is 5.26 Å². The smallest absolute Gasteiger partial charge is 0.159 e. The third-order valence-corrected chi connectivity index (χ3v) is 1.18. The number of benzene rings is 1. The number of nitrogens with zero attached hydrogens (tertiary/aromatic N) is 1. The van der Waals surface area contributed by atoms with Crippen LogP contribution in [-0.2, 0) is 0 Å². The van der Waals surface area contributed by atoms with E-state index >= 15 is 0 Å². The number of nitriles is 1. The van der Waals surface area contributed by atoms with E-state index in [0.29, 0.717) is 0 Å². The molecule has 0 radical (unpaired) electrons. The predicted octanol–water partition coefficient (Wildman–Crippen LogP) is 2.03.